The third-order valence-electron chi connectivity index (χ3n) is 4.19. The van der Waals surface area contributed by atoms with Gasteiger partial charge in [0.05, 0.1) is 18.4 Å². The fourth-order valence-corrected chi connectivity index (χ4v) is 2.95. The van der Waals surface area contributed by atoms with Gasteiger partial charge in [-0.1, -0.05) is 0 Å². The summed E-state index contributed by atoms with van der Waals surface area (Å²) in [5.74, 6) is 2.45. The van der Waals surface area contributed by atoms with E-state index in [0.29, 0.717) is 5.92 Å². The molecule has 1 atom stereocenters. The van der Waals surface area contributed by atoms with E-state index in [1.165, 1.54) is 0 Å². The number of anilines is 1. The van der Waals surface area contributed by atoms with Crippen molar-refractivity contribution in [3.63, 3.8) is 0 Å². The highest BCUT2D eigenvalue weighted by Crippen LogP contribution is 2.27. The molecule has 5 heteroatoms. The topological polar surface area (TPSA) is 62.0 Å². The Bertz CT molecular complexity index is 511. The highest BCUT2D eigenvalue weighted by molar-refractivity contribution is 5.41. The van der Waals surface area contributed by atoms with Gasteiger partial charge < -0.3 is 9.64 Å². The van der Waals surface area contributed by atoms with Crippen molar-refractivity contribution in [2.24, 2.45) is 5.92 Å². The molecule has 1 aromatic rings. The summed E-state index contributed by atoms with van der Waals surface area (Å²) in [6.45, 7) is 5.37. The fourth-order valence-electron chi connectivity index (χ4n) is 2.95. The van der Waals surface area contributed by atoms with Crippen LogP contribution in [0.3, 0.4) is 0 Å². The van der Waals surface area contributed by atoms with Crippen LogP contribution in [0.1, 0.15) is 36.7 Å². The maximum Gasteiger partial charge on any atom is 0.132 e. The minimum absolute atomic E-state index is 0.205. The molecule has 0 radical (unpaired) electrons. The zero-order chi connectivity index (χ0) is 13.9. The Hall–Kier alpha value is -1.67. The van der Waals surface area contributed by atoms with E-state index in [9.17, 15) is 0 Å². The van der Waals surface area contributed by atoms with Crippen LogP contribution in [0.5, 0.6) is 0 Å². The van der Waals surface area contributed by atoms with Crippen molar-refractivity contribution in [1.82, 2.24) is 9.97 Å². The van der Waals surface area contributed by atoms with Crippen LogP contribution in [0.2, 0.25) is 0 Å². The summed E-state index contributed by atoms with van der Waals surface area (Å²) in [6, 6.07) is 4.48. The average molecular weight is 272 g/mol. The molecule has 5 nitrogen and oxygen atoms in total. The maximum atomic E-state index is 8.97. The van der Waals surface area contributed by atoms with Crippen LogP contribution >= 0.6 is 0 Å². The summed E-state index contributed by atoms with van der Waals surface area (Å²) in [5, 5.41) is 8.97. The number of nitriles is 1. The van der Waals surface area contributed by atoms with Gasteiger partial charge in [0.2, 0.25) is 0 Å². The number of ether oxygens (including phenoxy) is 1. The predicted octanol–water partition coefficient (Wildman–Crippen LogP) is 2.03. The zero-order valence-corrected chi connectivity index (χ0v) is 11.9. The molecule has 0 aliphatic carbocycles. The quantitative estimate of drug-likeness (QED) is 0.824. The Morgan fingerprint density at radius 1 is 1.30 bits per heavy atom. The third-order valence-corrected chi connectivity index (χ3v) is 4.19. The van der Waals surface area contributed by atoms with Crippen LogP contribution in [0.25, 0.3) is 0 Å². The van der Waals surface area contributed by atoms with Gasteiger partial charge in [0.25, 0.3) is 0 Å². The number of aryl methyl sites for hydroxylation is 1. The maximum absolute atomic E-state index is 8.97. The molecule has 20 heavy (non-hydrogen) atoms. The predicted molar refractivity (Wildman–Crippen MR) is 75.5 cm³/mol. The number of aromatic nitrogens is 2. The van der Waals surface area contributed by atoms with Gasteiger partial charge >= 0.3 is 0 Å². The SMILES string of the molecule is Cc1nc([C@@H]2CCOC2)cc(N2CCC(C#N)CC2)n1. The van der Waals surface area contributed by atoms with E-state index in [4.69, 9.17) is 10.00 Å². The molecule has 0 unspecified atom stereocenters. The van der Waals surface area contributed by atoms with E-state index in [2.05, 4.69) is 27.0 Å². The summed E-state index contributed by atoms with van der Waals surface area (Å²) < 4.78 is 5.46. The van der Waals surface area contributed by atoms with Gasteiger partial charge in [-0.3, -0.25) is 0 Å². The minimum Gasteiger partial charge on any atom is -0.381 e. The van der Waals surface area contributed by atoms with Crippen LogP contribution in [0.15, 0.2) is 6.07 Å². The molecule has 0 aromatic carbocycles. The minimum atomic E-state index is 0.205. The first kappa shape index (κ1) is 13.3. The number of rotatable bonds is 2. The van der Waals surface area contributed by atoms with Crippen LogP contribution in [0.4, 0.5) is 5.82 Å². The zero-order valence-electron chi connectivity index (χ0n) is 11.9. The molecular formula is C15H20N4O. The van der Waals surface area contributed by atoms with E-state index in [-0.39, 0.29) is 5.92 Å². The fraction of sp³-hybridized carbons (Fsp3) is 0.667. The second-order valence-corrected chi connectivity index (χ2v) is 5.65. The number of hydrogen-bond acceptors (Lipinski definition) is 5. The molecule has 0 N–H and O–H groups in total. The van der Waals surface area contributed by atoms with Gasteiger partial charge in [-0.05, 0) is 26.2 Å². The molecule has 0 saturated carbocycles. The standard InChI is InChI=1S/C15H20N4O/c1-11-17-14(13-4-7-20-10-13)8-15(18-11)19-5-2-12(9-16)3-6-19/h8,12-13H,2-7,10H2,1H3/t13-/m1/s1. The number of piperidine rings is 1. The highest BCUT2D eigenvalue weighted by Gasteiger charge is 2.23. The monoisotopic (exact) mass is 272 g/mol. The first-order chi connectivity index (χ1) is 9.76. The normalized spacial score (nSPS) is 23.8. The molecular weight excluding hydrogens is 252 g/mol. The summed E-state index contributed by atoms with van der Waals surface area (Å²) >= 11 is 0. The van der Waals surface area contributed by atoms with Gasteiger partial charge in [-0.2, -0.15) is 5.26 Å². The van der Waals surface area contributed by atoms with E-state index in [1.54, 1.807) is 0 Å². The van der Waals surface area contributed by atoms with Crippen LogP contribution < -0.4 is 4.90 Å². The molecule has 2 aliphatic rings. The molecule has 2 aliphatic heterocycles. The third kappa shape index (κ3) is 2.75. The molecule has 3 heterocycles. The lowest BCUT2D eigenvalue weighted by molar-refractivity contribution is 0.193. The Labute approximate surface area is 119 Å². The van der Waals surface area contributed by atoms with E-state index in [1.807, 2.05) is 6.92 Å². The molecule has 0 amide bonds. The van der Waals surface area contributed by atoms with Gasteiger partial charge in [-0.25, -0.2) is 9.97 Å². The Morgan fingerprint density at radius 2 is 2.10 bits per heavy atom. The van der Waals surface area contributed by atoms with Crippen LogP contribution in [0, 0.1) is 24.2 Å². The van der Waals surface area contributed by atoms with Gasteiger partial charge in [0, 0.05) is 37.6 Å². The molecule has 3 rings (SSSR count). The molecule has 106 valence electrons. The largest absolute Gasteiger partial charge is 0.381 e. The van der Waals surface area contributed by atoms with E-state index in [0.717, 1.165) is 62.9 Å². The van der Waals surface area contributed by atoms with Gasteiger partial charge in [0.15, 0.2) is 0 Å². The van der Waals surface area contributed by atoms with Crippen LogP contribution in [-0.2, 0) is 4.74 Å². The van der Waals surface area contributed by atoms with E-state index < -0.39 is 0 Å². The van der Waals surface area contributed by atoms with Crippen LogP contribution in [-0.4, -0.2) is 36.3 Å². The Morgan fingerprint density at radius 3 is 2.75 bits per heavy atom. The van der Waals surface area contributed by atoms with Crippen molar-refractivity contribution < 1.29 is 4.74 Å². The lowest BCUT2D eigenvalue weighted by atomic mass is 9.98. The molecule has 0 spiro atoms. The van der Waals surface area contributed by atoms with Crippen molar-refractivity contribution in [2.75, 3.05) is 31.2 Å². The lowest BCUT2D eigenvalue weighted by Gasteiger charge is -2.30. The smallest absolute Gasteiger partial charge is 0.132 e. The second-order valence-electron chi connectivity index (χ2n) is 5.65. The van der Waals surface area contributed by atoms with Gasteiger partial charge in [0.1, 0.15) is 11.6 Å². The van der Waals surface area contributed by atoms with Crippen molar-refractivity contribution >= 4 is 5.82 Å². The van der Waals surface area contributed by atoms with Crippen molar-refractivity contribution in [3.05, 3.63) is 17.6 Å². The number of nitrogens with zero attached hydrogens (tertiary/aromatic N) is 4. The average Bonchev–Trinajstić information content (AvgIpc) is 3.01. The lowest BCUT2D eigenvalue weighted by Crippen LogP contribution is -2.34. The first-order valence-corrected chi connectivity index (χ1v) is 7.34. The first-order valence-electron chi connectivity index (χ1n) is 7.34. The Balaban J connectivity index is 1.78. The summed E-state index contributed by atoms with van der Waals surface area (Å²) in [7, 11) is 0. The van der Waals surface area contributed by atoms with Crippen molar-refractivity contribution in [3.8, 4) is 6.07 Å². The summed E-state index contributed by atoms with van der Waals surface area (Å²) in [5.41, 5.74) is 1.10. The second kappa shape index (κ2) is 5.76. The van der Waals surface area contributed by atoms with Crippen molar-refractivity contribution in [1.29, 1.82) is 5.26 Å². The van der Waals surface area contributed by atoms with Gasteiger partial charge in [-0.15, -0.1) is 0 Å². The van der Waals surface area contributed by atoms with E-state index >= 15 is 0 Å². The summed E-state index contributed by atoms with van der Waals surface area (Å²) in [4.78, 5) is 11.4. The summed E-state index contributed by atoms with van der Waals surface area (Å²) in [6.07, 6.45) is 2.91. The molecule has 0 bridgehead atoms. The Kier molecular flexibility index (Phi) is 3.83. The molecule has 2 saturated heterocycles. The van der Waals surface area contributed by atoms with Crippen molar-refractivity contribution in [2.45, 2.75) is 32.1 Å². The number of hydrogen-bond donors (Lipinski definition) is 0. The molecule has 1 aromatic heterocycles. The molecule has 2 fully saturated rings. The highest BCUT2D eigenvalue weighted by atomic mass is 16.5.